The minimum absolute atomic E-state index is 0.970. The number of rotatable bonds is 1. The lowest BCUT2D eigenvalue weighted by atomic mass is 10.1. The Morgan fingerprint density at radius 3 is 3.16 bits per heavy atom. The average Bonchev–Trinajstić information content (AvgIpc) is 3.03. The molecule has 0 aliphatic carbocycles. The SMILES string of the molecule is Cn1c(N2CCc3ccsc3C2)nc2ccncc21. The van der Waals surface area contributed by atoms with Crippen LogP contribution >= 0.6 is 11.3 Å². The molecular formula is C14H14N4S. The van der Waals surface area contributed by atoms with Gasteiger partial charge in [0.15, 0.2) is 0 Å². The van der Waals surface area contributed by atoms with Crippen molar-refractivity contribution in [3.8, 4) is 0 Å². The molecular weight excluding hydrogens is 256 g/mol. The van der Waals surface area contributed by atoms with Crippen LogP contribution in [-0.2, 0) is 20.0 Å². The number of hydrogen-bond acceptors (Lipinski definition) is 4. The third-order valence-corrected chi connectivity index (χ3v) is 4.71. The van der Waals surface area contributed by atoms with Gasteiger partial charge in [-0.25, -0.2) is 4.98 Å². The molecule has 0 aromatic carbocycles. The zero-order valence-corrected chi connectivity index (χ0v) is 11.5. The molecule has 0 bridgehead atoms. The summed E-state index contributed by atoms with van der Waals surface area (Å²) in [6.07, 6.45) is 4.79. The summed E-state index contributed by atoms with van der Waals surface area (Å²) in [4.78, 5) is 12.8. The number of thiophene rings is 1. The van der Waals surface area contributed by atoms with Gasteiger partial charge >= 0.3 is 0 Å². The Labute approximate surface area is 115 Å². The number of aryl methyl sites for hydroxylation is 1. The van der Waals surface area contributed by atoms with Crippen molar-refractivity contribution in [2.75, 3.05) is 11.4 Å². The monoisotopic (exact) mass is 270 g/mol. The van der Waals surface area contributed by atoms with Gasteiger partial charge in [-0.3, -0.25) is 4.98 Å². The Morgan fingerprint density at radius 1 is 1.32 bits per heavy atom. The van der Waals surface area contributed by atoms with Crippen LogP contribution in [0.25, 0.3) is 11.0 Å². The molecule has 0 amide bonds. The van der Waals surface area contributed by atoms with Crippen molar-refractivity contribution >= 4 is 28.3 Å². The molecule has 0 atom stereocenters. The molecule has 5 heteroatoms. The summed E-state index contributed by atoms with van der Waals surface area (Å²) in [5.74, 6) is 1.04. The highest BCUT2D eigenvalue weighted by atomic mass is 32.1. The number of imidazole rings is 1. The maximum absolute atomic E-state index is 4.75. The lowest BCUT2D eigenvalue weighted by molar-refractivity contribution is 0.702. The lowest BCUT2D eigenvalue weighted by Crippen LogP contribution is -2.31. The van der Waals surface area contributed by atoms with E-state index in [4.69, 9.17) is 4.98 Å². The van der Waals surface area contributed by atoms with E-state index >= 15 is 0 Å². The van der Waals surface area contributed by atoms with Crippen molar-refractivity contribution in [2.45, 2.75) is 13.0 Å². The third-order valence-electron chi connectivity index (χ3n) is 3.77. The number of anilines is 1. The van der Waals surface area contributed by atoms with Crippen LogP contribution in [-0.4, -0.2) is 21.1 Å². The molecule has 0 N–H and O–H groups in total. The molecule has 3 aromatic rings. The predicted molar refractivity (Wildman–Crippen MR) is 77.6 cm³/mol. The number of fused-ring (bicyclic) bond motifs is 2. The summed E-state index contributed by atoms with van der Waals surface area (Å²) in [6, 6.07) is 4.22. The Balaban J connectivity index is 1.77. The zero-order chi connectivity index (χ0) is 12.8. The molecule has 0 saturated heterocycles. The Bertz CT molecular complexity index is 743. The maximum Gasteiger partial charge on any atom is 0.206 e. The van der Waals surface area contributed by atoms with Gasteiger partial charge in [0.1, 0.15) is 0 Å². The second-order valence-corrected chi connectivity index (χ2v) is 5.88. The number of nitrogens with zero attached hydrogens (tertiary/aromatic N) is 4. The van der Waals surface area contributed by atoms with E-state index in [1.807, 2.05) is 23.6 Å². The van der Waals surface area contributed by atoms with E-state index in [1.165, 1.54) is 10.4 Å². The van der Waals surface area contributed by atoms with Gasteiger partial charge in [0, 0.05) is 24.7 Å². The Kier molecular flexibility index (Phi) is 2.35. The topological polar surface area (TPSA) is 34.0 Å². The molecule has 1 aliphatic rings. The van der Waals surface area contributed by atoms with Crippen LogP contribution in [0.4, 0.5) is 5.95 Å². The molecule has 1 aliphatic heterocycles. The molecule has 4 rings (SSSR count). The molecule has 0 radical (unpaired) electrons. The highest BCUT2D eigenvalue weighted by Crippen LogP contribution is 2.28. The molecule has 0 saturated carbocycles. The van der Waals surface area contributed by atoms with Gasteiger partial charge < -0.3 is 9.47 Å². The molecule has 0 spiro atoms. The summed E-state index contributed by atoms with van der Waals surface area (Å²) in [7, 11) is 2.07. The van der Waals surface area contributed by atoms with E-state index < -0.39 is 0 Å². The first kappa shape index (κ1) is 11.0. The van der Waals surface area contributed by atoms with Gasteiger partial charge in [-0.1, -0.05) is 0 Å². The average molecular weight is 270 g/mol. The van der Waals surface area contributed by atoms with Crippen LogP contribution in [0.3, 0.4) is 0 Å². The number of pyridine rings is 1. The van der Waals surface area contributed by atoms with Crippen LogP contribution in [0.15, 0.2) is 29.9 Å². The van der Waals surface area contributed by atoms with Gasteiger partial charge in [-0.2, -0.15) is 0 Å². The molecule has 0 fully saturated rings. The standard InChI is InChI=1S/C14H14N4S/c1-17-12-8-15-5-2-11(12)16-14(17)18-6-3-10-4-7-19-13(10)9-18/h2,4-5,7-8H,3,6,9H2,1H3. The fourth-order valence-corrected chi connectivity index (χ4v) is 3.66. The Hall–Kier alpha value is -1.88. The Morgan fingerprint density at radius 2 is 2.26 bits per heavy atom. The molecule has 0 unspecified atom stereocenters. The van der Waals surface area contributed by atoms with Gasteiger partial charge in [-0.05, 0) is 29.5 Å². The summed E-state index contributed by atoms with van der Waals surface area (Å²) in [5, 5.41) is 2.19. The first-order chi connectivity index (χ1) is 9.33. The van der Waals surface area contributed by atoms with E-state index in [0.29, 0.717) is 0 Å². The number of aromatic nitrogens is 3. The van der Waals surface area contributed by atoms with E-state index in [0.717, 1.165) is 36.5 Å². The summed E-state index contributed by atoms with van der Waals surface area (Å²) < 4.78 is 2.14. The molecule has 4 nitrogen and oxygen atoms in total. The zero-order valence-electron chi connectivity index (χ0n) is 10.7. The van der Waals surface area contributed by atoms with Crippen molar-refractivity contribution in [1.82, 2.24) is 14.5 Å². The van der Waals surface area contributed by atoms with E-state index in [9.17, 15) is 0 Å². The summed E-state index contributed by atoms with van der Waals surface area (Å²) in [6.45, 7) is 2.01. The third kappa shape index (κ3) is 1.65. The largest absolute Gasteiger partial charge is 0.337 e. The van der Waals surface area contributed by atoms with Crippen LogP contribution in [0, 0.1) is 0 Å². The maximum atomic E-state index is 4.75. The van der Waals surface area contributed by atoms with Crippen molar-refractivity contribution in [1.29, 1.82) is 0 Å². The fourth-order valence-electron chi connectivity index (χ4n) is 2.71. The molecule has 96 valence electrons. The molecule has 19 heavy (non-hydrogen) atoms. The van der Waals surface area contributed by atoms with Crippen molar-refractivity contribution in [2.24, 2.45) is 7.05 Å². The highest BCUT2D eigenvalue weighted by Gasteiger charge is 2.21. The smallest absolute Gasteiger partial charge is 0.206 e. The van der Waals surface area contributed by atoms with Gasteiger partial charge in [0.25, 0.3) is 0 Å². The first-order valence-electron chi connectivity index (χ1n) is 6.39. The van der Waals surface area contributed by atoms with Crippen LogP contribution < -0.4 is 4.90 Å². The normalized spacial score (nSPS) is 14.9. The van der Waals surface area contributed by atoms with Crippen molar-refractivity contribution in [3.63, 3.8) is 0 Å². The van der Waals surface area contributed by atoms with Crippen LogP contribution in [0.2, 0.25) is 0 Å². The van der Waals surface area contributed by atoms with Crippen LogP contribution in [0.1, 0.15) is 10.4 Å². The minimum Gasteiger partial charge on any atom is -0.337 e. The van der Waals surface area contributed by atoms with Gasteiger partial charge in [0.05, 0.1) is 23.8 Å². The summed E-state index contributed by atoms with van der Waals surface area (Å²) in [5.41, 5.74) is 3.61. The van der Waals surface area contributed by atoms with Crippen LogP contribution in [0.5, 0.6) is 0 Å². The van der Waals surface area contributed by atoms with E-state index in [-0.39, 0.29) is 0 Å². The van der Waals surface area contributed by atoms with Gasteiger partial charge in [0.2, 0.25) is 5.95 Å². The minimum atomic E-state index is 0.970. The predicted octanol–water partition coefficient (Wildman–Crippen LogP) is 2.59. The van der Waals surface area contributed by atoms with Gasteiger partial charge in [-0.15, -0.1) is 11.3 Å². The quantitative estimate of drug-likeness (QED) is 0.681. The van der Waals surface area contributed by atoms with Crippen molar-refractivity contribution < 1.29 is 0 Å². The van der Waals surface area contributed by atoms with Crippen molar-refractivity contribution in [3.05, 3.63) is 40.3 Å². The summed E-state index contributed by atoms with van der Waals surface area (Å²) >= 11 is 1.85. The highest BCUT2D eigenvalue weighted by molar-refractivity contribution is 7.10. The van der Waals surface area contributed by atoms with E-state index in [1.54, 1.807) is 6.20 Å². The molecule has 4 heterocycles. The number of hydrogen-bond donors (Lipinski definition) is 0. The lowest BCUT2D eigenvalue weighted by Gasteiger charge is -2.27. The fraction of sp³-hybridized carbons (Fsp3) is 0.286. The first-order valence-corrected chi connectivity index (χ1v) is 7.27. The second kappa shape index (κ2) is 4.06. The second-order valence-electron chi connectivity index (χ2n) is 4.88. The van der Waals surface area contributed by atoms with E-state index in [2.05, 4.69) is 32.9 Å². The molecule has 3 aromatic heterocycles.